The van der Waals surface area contributed by atoms with E-state index in [1.807, 2.05) is 13.0 Å². The van der Waals surface area contributed by atoms with Gasteiger partial charge in [-0.1, -0.05) is 13.3 Å². The third-order valence-electron chi connectivity index (χ3n) is 5.38. The van der Waals surface area contributed by atoms with Crippen LogP contribution in [-0.2, 0) is 4.74 Å². The maximum absolute atomic E-state index is 12.4. The highest BCUT2D eigenvalue weighted by Gasteiger charge is 2.18. The van der Waals surface area contributed by atoms with Gasteiger partial charge in [-0.2, -0.15) is 0 Å². The average molecular weight is 456 g/mol. The number of hydrazine groups is 1. The molecular formula is C22H35F2N5O3. The summed E-state index contributed by atoms with van der Waals surface area (Å²) in [5, 5.41) is 3.83. The molecule has 1 aliphatic rings. The Bertz CT molecular complexity index is 783. The van der Waals surface area contributed by atoms with E-state index in [4.69, 9.17) is 21.1 Å². The van der Waals surface area contributed by atoms with Crippen LogP contribution in [-0.4, -0.2) is 48.8 Å². The molecular weight excluding hydrogens is 420 g/mol. The van der Waals surface area contributed by atoms with Crippen LogP contribution in [0.1, 0.15) is 56.8 Å². The fourth-order valence-electron chi connectivity index (χ4n) is 3.54. The van der Waals surface area contributed by atoms with E-state index in [-0.39, 0.29) is 25.7 Å². The summed E-state index contributed by atoms with van der Waals surface area (Å²) in [6.07, 6.45) is 2.42. The van der Waals surface area contributed by atoms with E-state index in [0.29, 0.717) is 17.1 Å². The van der Waals surface area contributed by atoms with Gasteiger partial charge in [-0.15, -0.1) is 0 Å². The van der Waals surface area contributed by atoms with E-state index in [1.54, 1.807) is 20.0 Å². The zero-order valence-corrected chi connectivity index (χ0v) is 19.1. The third-order valence-corrected chi connectivity index (χ3v) is 5.38. The number of alkyl halides is 2. The molecule has 0 radical (unpaired) electrons. The Morgan fingerprint density at radius 2 is 2.00 bits per heavy atom. The number of likely N-dealkylation sites (N-methyl/N-ethyl adjacent to an activating group) is 1. The summed E-state index contributed by atoms with van der Waals surface area (Å²) >= 11 is 0. The Balaban J connectivity index is 2.00. The summed E-state index contributed by atoms with van der Waals surface area (Å²) in [4.78, 5) is 16.5. The van der Waals surface area contributed by atoms with Crippen molar-refractivity contribution in [2.24, 2.45) is 17.5 Å². The molecule has 32 heavy (non-hydrogen) atoms. The minimum absolute atomic E-state index is 0.0120. The molecule has 1 aromatic rings. The van der Waals surface area contributed by atoms with Gasteiger partial charge in [0.05, 0.1) is 42.0 Å². The Morgan fingerprint density at radius 3 is 2.59 bits per heavy atom. The van der Waals surface area contributed by atoms with Crippen molar-refractivity contribution in [1.82, 2.24) is 15.3 Å². The molecule has 1 fully saturated rings. The molecule has 1 aliphatic carbocycles. The second kappa shape index (κ2) is 12.4. The minimum Gasteiger partial charge on any atom is -0.489 e. The SMILES string of the molecule is Cc1nc(/C(N)=C(\CNC(=O)OCC(C)CC(F)F)N(C)N)ccc1OC1CCCCC1. The van der Waals surface area contributed by atoms with Gasteiger partial charge in [0.1, 0.15) is 5.75 Å². The molecule has 0 aliphatic heterocycles. The molecule has 0 spiro atoms. The topological polar surface area (TPSA) is 116 Å². The number of halogens is 2. The van der Waals surface area contributed by atoms with Crippen LogP contribution >= 0.6 is 0 Å². The van der Waals surface area contributed by atoms with Crippen LogP contribution in [0.25, 0.3) is 5.70 Å². The van der Waals surface area contributed by atoms with Crippen LogP contribution in [0, 0.1) is 12.8 Å². The smallest absolute Gasteiger partial charge is 0.407 e. The first-order chi connectivity index (χ1) is 15.2. The predicted octanol–water partition coefficient (Wildman–Crippen LogP) is 3.55. The Hall–Kier alpha value is -2.62. The fourth-order valence-corrected chi connectivity index (χ4v) is 3.54. The van der Waals surface area contributed by atoms with Gasteiger partial charge in [-0.3, -0.25) is 0 Å². The zero-order chi connectivity index (χ0) is 23.7. The fraction of sp³-hybridized carbons (Fsp3) is 0.636. The van der Waals surface area contributed by atoms with E-state index in [9.17, 15) is 13.6 Å². The number of carbonyl (C=O) groups excluding carboxylic acids is 1. The number of hydrogen-bond acceptors (Lipinski definition) is 7. The van der Waals surface area contributed by atoms with Crippen molar-refractivity contribution in [1.29, 1.82) is 0 Å². The highest BCUT2D eigenvalue weighted by atomic mass is 19.3. The Labute approximate surface area is 188 Å². The lowest BCUT2D eigenvalue weighted by Crippen LogP contribution is -2.37. The third kappa shape index (κ3) is 8.14. The van der Waals surface area contributed by atoms with Gasteiger partial charge >= 0.3 is 6.09 Å². The van der Waals surface area contributed by atoms with E-state index in [2.05, 4.69) is 10.3 Å². The molecule has 1 heterocycles. The van der Waals surface area contributed by atoms with Crippen molar-refractivity contribution in [3.05, 3.63) is 29.2 Å². The molecule has 1 aromatic heterocycles. The van der Waals surface area contributed by atoms with Crippen molar-refractivity contribution in [3.8, 4) is 5.75 Å². The van der Waals surface area contributed by atoms with E-state index in [0.717, 1.165) is 24.3 Å². The van der Waals surface area contributed by atoms with Crippen molar-refractivity contribution in [2.45, 2.75) is 64.9 Å². The number of pyridine rings is 1. The summed E-state index contributed by atoms with van der Waals surface area (Å²) in [7, 11) is 1.59. The summed E-state index contributed by atoms with van der Waals surface area (Å²) < 4.78 is 35.8. The van der Waals surface area contributed by atoms with Gasteiger partial charge < -0.3 is 25.5 Å². The molecule has 1 saturated carbocycles. The van der Waals surface area contributed by atoms with Crippen molar-refractivity contribution in [3.63, 3.8) is 0 Å². The van der Waals surface area contributed by atoms with Gasteiger partial charge in [0.25, 0.3) is 0 Å². The quantitative estimate of drug-likeness (QED) is 0.365. The second-order valence-electron chi connectivity index (χ2n) is 8.31. The number of rotatable bonds is 10. The lowest BCUT2D eigenvalue weighted by atomic mass is 9.98. The second-order valence-corrected chi connectivity index (χ2v) is 8.31. The van der Waals surface area contributed by atoms with E-state index < -0.39 is 18.4 Å². The normalized spacial score (nSPS) is 16.3. The van der Waals surface area contributed by atoms with Gasteiger partial charge in [0, 0.05) is 13.5 Å². The molecule has 0 bridgehead atoms. The molecule has 1 amide bonds. The lowest BCUT2D eigenvalue weighted by molar-refractivity contribution is 0.0833. The van der Waals surface area contributed by atoms with Gasteiger partial charge in [0.15, 0.2) is 0 Å². The number of alkyl carbamates (subject to hydrolysis) is 1. The van der Waals surface area contributed by atoms with Crippen molar-refractivity contribution >= 4 is 11.8 Å². The Morgan fingerprint density at radius 1 is 1.31 bits per heavy atom. The summed E-state index contributed by atoms with van der Waals surface area (Å²) in [5.74, 6) is 6.18. The number of nitrogens with two attached hydrogens (primary N) is 2. The largest absolute Gasteiger partial charge is 0.489 e. The lowest BCUT2D eigenvalue weighted by Gasteiger charge is -2.24. The molecule has 1 unspecified atom stereocenters. The molecule has 0 aromatic carbocycles. The standard InChI is InChI=1S/C22H35F2N5O3/c1-14(11-20(23)24)13-31-22(30)27-12-18(29(3)26)21(25)17-9-10-19(15(2)28-17)32-16-7-5-4-6-8-16/h9-10,14,16,20H,4-8,11-13,25-26H2,1-3H3,(H,27,30)/b21-18-. The average Bonchev–Trinajstić information content (AvgIpc) is 2.73. The zero-order valence-electron chi connectivity index (χ0n) is 19.1. The molecule has 0 saturated heterocycles. The molecule has 180 valence electrons. The number of nitrogens with one attached hydrogen (secondary N) is 1. The van der Waals surface area contributed by atoms with Crippen LogP contribution in [0.3, 0.4) is 0 Å². The van der Waals surface area contributed by atoms with E-state index >= 15 is 0 Å². The monoisotopic (exact) mass is 455 g/mol. The maximum atomic E-state index is 12.4. The number of hydrogen-bond donors (Lipinski definition) is 3. The highest BCUT2D eigenvalue weighted by molar-refractivity contribution is 5.69. The van der Waals surface area contributed by atoms with Crippen LogP contribution in [0.5, 0.6) is 5.75 Å². The molecule has 8 nitrogen and oxygen atoms in total. The molecule has 1 atom stereocenters. The number of amides is 1. The first kappa shape index (κ1) is 25.6. The minimum atomic E-state index is -2.44. The molecule has 10 heteroatoms. The van der Waals surface area contributed by atoms with E-state index in [1.165, 1.54) is 24.3 Å². The first-order valence-corrected chi connectivity index (χ1v) is 11.0. The van der Waals surface area contributed by atoms with Crippen molar-refractivity contribution < 1.29 is 23.0 Å². The molecule has 2 rings (SSSR count). The van der Waals surface area contributed by atoms with Crippen molar-refractivity contribution in [2.75, 3.05) is 20.2 Å². The number of carbonyl (C=O) groups is 1. The summed E-state index contributed by atoms with van der Waals surface area (Å²) in [6.45, 7) is 3.33. The molecule has 5 N–H and O–H groups in total. The van der Waals surface area contributed by atoms with Crippen LogP contribution < -0.4 is 21.6 Å². The maximum Gasteiger partial charge on any atom is 0.407 e. The van der Waals surface area contributed by atoms with Crippen LogP contribution in [0.15, 0.2) is 17.8 Å². The number of aromatic nitrogens is 1. The number of aryl methyl sites for hydroxylation is 1. The summed E-state index contributed by atoms with van der Waals surface area (Å²) in [6, 6.07) is 3.60. The first-order valence-electron chi connectivity index (χ1n) is 11.0. The number of nitrogens with zero attached hydrogens (tertiary/aromatic N) is 2. The highest BCUT2D eigenvalue weighted by Crippen LogP contribution is 2.26. The van der Waals surface area contributed by atoms with Gasteiger partial charge in [-0.25, -0.2) is 24.4 Å². The van der Waals surface area contributed by atoms with Crippen LogP contribution in [0.2, 0.25) is 0 Å². The summed E-state index contributed by atoms with van der Waals surface area (Å²) in [5.41, 5.74) is 8.24. The van der Waals surface area contributed by atoms with Gasteiger partial charge in [-0.05, 0) is 50.7 Å². The Kier molecular flexibility index (Phi) is 9.96. The van der Waals surface area contributed by atoms with Crippen LogP contribution in [0.4, 0.5) is 13.6 Å². The van der Waals surface area contributed by atoms with Gasteiger partial charge in [0.2, 0.25) is 6.43 Å². The predicted molar refractivity (Wildman–Crippen MR) is 119 cm³/mol. The number of ether oxygens (including phenoxy) is 2.